The van der Waals surface area contributed by atoms with Crippen LogP contribution in [0.2, 0.25) is 0 Å². The van der Waals surface area contributed by atoms with Gasteiger partial charge in [0.05, 0.1) is 6.61 Å². The molecule has 4 rings (SSSR count). The predicted octanol–water partition coefficient (Wildman–Crippen LogP) is 6.50. The molecule has 0 amide bonds. The Morgan fingerprint density at radius 1 is 0.935 bits per heavy atom. The molecule has 0 fully saturated rings. The topological polar surface area (TPSA) is 38.5 Å². The smallest absolute Gasteiger partial charge is 0.138 e. The summed E-state index contributed by atoms with van der Waals surface area (Å²) in [7, 11) is 4.08. The van der Waals surface area contributed by atoms with Crippen LogP contribution >= 0.6 is 12.4 Å². The van der Waals surface area contributed by atoms with Gasteiger partial charge in [0.25, 0.3) is 0 Å². The van der Waals surface area contributed by atoms with Crippen LogP contribution in [-0.2, 0) is 6.42 Å². The quantitative estimate of drug-likeness (QED) is 0.297. The minimum atomic E-state index is 0. The van der Waals surface area contributed by atoms with E-state index in [1.54, 1.807) is 0 Å². The van der Waals surface area contributed by atoms with Gasteiger partial charge in [-0.05, 0) is 72.5 Å². The number of aryl methyl sites for hydroxylation is 1. The monoisotopic (exact) mass is 434 g/mol. The fourth-order valence-corrected chi connectivity index (χ4v) is 3.28. The number of halogens is 1. The molecular formula is C26H27ClN2O2. The molecule has 0 saturated heterocycles. The van der Waals surface area contributed by atoms with Gasteiger partial charge in [-0.25, -0.2) is 0 Å². The third kappa shape index (κ3) is 6.12. The summed E-state index contributed by atoms with van der Waals surface area (Å²) in [5.74, 6) is 1.66. The summed E-state index contributed by atoms with van der Waals surface area (Å²) in [6, 6.07) is 20.6. The molecule has 0 aliphatic rings. The molecule has 0 saturated carbocycles. The second kappa shape index (κ2) is 10.7. The summed E-state index contributed by atoms with van der Waals surface area (Å²) in [4.78, 5) is 6.13. The normalized spacial score (nSPS) is 10.9. The zero-order valence-corrected chi connectivity index (χ0v) is 18.6. The van der Waals surface area contributed by atoms with Crippen LogP contribution in [0, 0.1) is 0 Å². The highest BCUT2D eigenvalue weighted by Gasteiger charge is 2.04. The van der Waals surface area contributed by atoms with Gasteiger partial charge in [-0.3, -0.25) is 4.98 Å². The average Bonchev–Trinajstić information content (AvgIpc) is 3.18. The van der Waals surface area contributed by atoms with Gasteiger partial charge in [-0.1, -0.05) is 18.2 Å². The Kier molecular flexibility index (Phi) is 7.74. The van der Waals surface area contributed by atoms with Crippen LogP contribution in [0.5, 0.6) is 5.75 Å². The van der Waals surface area contributed by atoms with Crippen LogP contribution in [0.25, 0.3) is 23.1 Å². The molecule has 0 atom stereocenters. The van der Waals surface area contributed by atoms with Crippen LogP contribution in [0.3, 0.4) is 0 Å². The highest BCUT2D eigenvalue weighted by atomic mass is 35.5. The lowest BCUT2D eigenvalue weighted by Gasteiger charge is -2.11. The lowest BCUT2D eigenvalue weighted by Crippen LogP contribution is -2.07. The molecule has 31 heavy (non-hydrogen) atoms. The minimum absolute atomic E-state index is 0. The fourth-order valence-electron chi connectivity index (χ4n) is 3.28. The summed E-state index contributed by atoms with van der Waals surface area (Å²) in [6.07, 6.45) is 9.65. The van der Waals surface area contributed by atoms with Gasteiger partial charge in [0, 0.05) is 43.6 Å². The maximum absolute atomic E-state index is 5.99. The van der Waals surface area contributed by atoms with E-state index < -0.39 is 0 Å². The molecule has 2 aromatic carbocycles. The number of aromatic nitrogens is 1. The zero-order valence-electron chi connectivity index (χ0n) is 17.8. The molecule has 4 nitrogen and oxygen atoms in total. The minimum Gasteiger partial charge on any atom is -0.493 e. The van der Waals surface area contributed by atoms with Crippen molar-refractivity contribution in [3.05, 3.63) is 89.9 Å². The summed E-state index contributed by atoms with van der Waals surface area (Å²) in [5.41, 5.74) is 4.44. The number of nitrogens with zero attached hydrogens (tertiary/aromatic N) is 2. The molecule has 2 heterocycles. The van der Waals surface area contributed by atoms with E-state index >= 15 is 0 Å². The molecule has 0 spiro atoms. The third-order valence-electron chi connectivity index (χ3n) is 4.99. The van der Waals surface area contributed by atoms with E-state index in [2.05, 4.69) is 40.2 Å². The summed E-state index contributed by atoms with van der Waals surface area (Å²) >= 11 is 0. The van der Waals surface area contributed by atoms with Gasteiger partial charge in [0.1, 0.15) is 17.1 Å². The molecule has 160 valence electrons. The van der Waals surface area contributed by atoms with Gasteiger partial charge < -0.3 is 14.1 Å². The maximum atomic E-state index is 5.99. The lowest BCUT2D eigenvalue weighted by molar-refractivity contribution is 0.311. The van der Waals surface area contributed by atoms with Crippen molar-refractivity contribution in [3.8, 4) is 5.75 Å². The number of benzene rings is 2. The number of ether oxygens (including phenoxy) is 1. The number of rotatable bonds is 8. The lowest BCUT2D eigenvalue weighted by atomic mass is 10.1. The van der Waals surface area contributed by atoms with Crippen molar-refractivity contribution < 1.29 is 9.15 Å². The number of fused-ring (bicyclic) bond motifs is 1. The van der Waals surface area contributed by atoms with E-state index in [1.807, 2.05) is 69.0 Å². The first-order chi connectivity index (χ1) is 14.7. The molecule has 5 heteroatoms. The van der Waals surface area contributed by atoms with Gasteiger partial charge >= 0.3 is 0 Å². The standard InChI is InChI=1S/C26H26N2O2.ClH/c1-28(2)23-9-5-21(6-10-23)7-11-25-18-22-8-12-24(19-26(22)30-25)29-17-3-4-20-13-15-27-16-14-20;/h5-16,18-19H,3-4,17H2,1-2H3;1H. The van der Waals surface area contributed by atoms with Crippen molar-refractivity contribution >= 4 is 41.2 Å². The van der Waals surface area contributed by atoms with E-state index in [0.29, 0.717) is 6.61 Å². The van der Waals surface area contributed by atoms with Crippen molar-refractivity contribution in [1.82, 2.24) is 4.98 Å². The van der Waals surface area contributed by atoms with Gasteiger partial charge in [-0.2, -0.15) is 0 Å². The fraction of sp³-hybridized carbons (Fsp3) is 0.192. The van der Waals surface area contributed by atoms with E-state index in [1.165, 1.54) is 11.3 Å². The molecule has 0 aliphatic heterocycles. The van der Waals surface area contributed by atoms with Crippen LogP contribution in [0.4, 0.5) is 5.69 Å². The SMILES string of the molecule is CN(C)c1ccc(C=Cc2cc3ccc(OCCCc4ccncc4)cc3o2)cc1.Cl. The Labute approximate surface area is 189 Å². The van der Waals surface area contributed by atoms with Crippen molar-refractivity contribution in [3.63, 3.8) is 0 Å². The highest BCUT2D eigenvalue weighted by Crippen LogP contribution is 2.26. The van der Waals surface area contributed by atoms with Crippen LogP contribution < -0.4 is 9.64 Å². The molecule has 0 N–H and O–H groups in total. The first kappa shape index (κ1) is 22.4. The van der Waals surface area contributed by atoms with E-state index in [4.69, 9.17) is 9.15 Å². The molecule has 2 aromatic heterocycles. The van der Waals surface area contributed by atoms with E-state index in [-0.39, 0.29) is 12.4 Å². The Morgan fingerprint density at radius 2 is 1.71 bits per heavy atom. The van der Waals surface area contributed by atoms with Crippen molar-refractivity contribution in [1.29, 1.82) is 0 Å². The molecule has 0 unspecified atom stereocenters. The van der Waals surface area contributed by atoms with Crippen LogP contribution in [0.1, 0.15) is 23.3 Å². The van der Waals surface area contributed by atoms with Crippen molar-refractivity contribution in [2.75, 3.05) is 25.6 Å². The Hall–Kier alpha value is -3.24. The summed E-state index contributed by atoms with van der Waals surface area (Å²) in [5, 5.41) is 1.07. The second-order valence-corrected chi connectivity index (χ2v) is 7.48. The van der Waals surface area contributed by atoms with Crippen LogP contribution in [-0.4, -0.2) is 25.7 Å². The molecule has 4 aromatic rings. The zero-order chi connectivity index (χ0) is 20.8. The van der Waals surface area contributed by atoms with Crippen molar-refractivity contribution in [2.45, 2.75) is 12.8 Å². The number of furan rings is 1. The van der Waals surface area contributed by atoms with E-state index in [0.717, 1.165) is 40.9 Å². The highest BCUT2D eigenvalue weighted by molar-refractivity contribution is 5.85. The second-order valence-electron chi connectivity index (χ2n) is 7.48. The summed E-state index contributed by atoms with van der Waals surface area (Å²) in [6.45, 7) is 0.671. The van der Waals surface area contributed by atoms with Gasteiger partial charge in [-0.15, -0.1) is 12.4 Å². The Morgan fingerprint density at radius 3 is 2.45 bits per heavy atom. The number of hydrogen-bond donors (Lipinski definition) is 0. The molecule has 0 radical (unpaired) electrons. The van der Waals surface area contributed by atoms with Gasteiger partial charge in [0.15, 0.2) is 0 Å². The molecule has 0 bridgehead atoms. The van der Waals surface area contributed by atoms with Gasteiger partial charge in [0.2, 0.25) is 0 Å². The largest absolute Gasteiger partial charge is 0.493 e. The Balaban J connectivity index is 0.00000272. The third-order valence-corrected chi connectivity index (χ3v) is 4.99. The summed E-state index contributed by atoms with van der Waals surface area (Å²) < 4.78 is 11.9. The number of anilines is 1. The predicted molar refractivity (Wildman–Crippen MR) is 131 cm³/mol. The maximum Gasteiger partial charge on any atom is 0.138 e. The molecule has 0 aliphatic carbocycles. The van der Waals surface area contributed by atoms with Crippen LogP contribution in [0.15, 0.2) is 77.5 Å². The van der Waals surface area contributed by atoms with E-state index in [9.17, 15) is 0 Å². The average molecular weight is 435 g/mol. The first-order valence-corrected chi connectivity index (χ1v) is 10.2. The first-order valence-electron chi connectivity index (χ1n) is 10.2. The van der Waals surface area contributed by atoms with Crippen molar-refractivity contribution in [2.24, 2.45) is 0 Å². The Bertz CT molecular complexity index is 1120. The molecular weight excluding hydrogens is 408 g/mol. The number of pyridine rings is 1. The number of hydrogen-bond acceptors (Lipinski definition) is 4.